The minimum atomic E-state index is -1.40. The minimum absolute atomic E-state index is 0.217. The number of hydrogen-bond donors (Lipinski definition) is 2. The van der Waals surface area contributed by atoms with Crippen molar-refractivity contribution in [3.05, 3.63) is 70.8 Å². The smallest absolute Gasteiger partial charge is 0.325 e. The Labute approximate surface area is 170 Å². The SMILES string of the molecule is N#CC(NC(=O)CN1C(=O)NC2(CCc3ccccc32)C1=O)c1ccc(F)cc1F. The number of fused-ring (bicyclic) bond motifs is 2. The van der Waals surface area contributed by atoms with Gasteiger partial charge in [-0.3, -0.25) is 14.5 Å². The normalized spacial score (nSPS) is 20.6. The van der Waals surface area contributed by atoms with Gasteiger partial charge in [0.2, 0.25) is 5.91 Å². The van der Waals surface area contributed by atoms with Gasteiger partial charge in [0.05, 0.1) is 6.07 Å². The number of nitrogens with one attached hydrogen (secondary N) is 2. The second kappa shape index (κ2) is 7.22. The number of imide groups is 1. The highest BCUT2D eigenvalue weighted by molar-refractivity contribution is 6.09. The van der Waals surface area contributed by atoms with Gasteiger partial charge in [0.1, 0.15) is 29.8 Å². The van der Waals surface area contributed by atoms with Crippen LogP contribution in [0.25, 0.3) is 0 Å². The third kappa shape index (κ3) is 3.06. The molecule has 1 heterocycles. The third-order valence-corrected chi connectivity index (χ3v) is 5.43. The maximum Gasteiger partial charge on any atom is 0.325 e. The maximum absolute atomic E-state index is 13.9. The van der Waals surface area contributed by atoms with Crippen molar-refractivity contribution in [1.29, 1.82) is 5.26 Å². The molecule has 0 saturated carbocycles. The fourth-order valence-corrected chi connectivity index (χ4v) is 4.00. The summed E-state index contributed by atoms with van der Waals surface area (Å²) in [6.45, 7) is -0.629. The summed E-state index contributed by atoms with van der Waals surface area (Å²) < 4.78 is 27.0. The van der Waals surface area contributed by atoms with Gasteiger partial charge >= 0.3 is 6.03 Å². The second-order valence-electron chi connectivity index (χ2n) is 7.18. The van der Waals surface area contributed by atoms with Crippen molar-refractivity contribution in [2.24, 2.45) is 0 Å². The van der Waals surface area contributed by atoms with Crippen LogP contribution in [0.1, 0.15) is 29.2 Å². The number of hydrogen-bond acceptors (Lipinski definition) is 4. The van der Waals surface area contributed by atoms with Gasteiger partial charge in [-0.15, -0.1) is 0 Å². The van der Waals surface area contributed by atoms with E-state index < -0.39 is 47.6 Å². The summed E-state index contributed by atoms with van der Waals surface area (Å²) in [5.41, 5.74) is 0.236. The van der Waals surface area contributed by atoms with Crippen LogP contribution in [0.4, 0.5) is 13.6 Å². The average Bonchev–Trinajstić information content (AvgIpc) is 3.20. The van der Waals surface area contributed by atoms with Crippen molar-refractivity contribution < 1.29 is 23.2 Å². The molecule has 4 amide bonds. The minimum Gasteiger partial charge on any atom is -0.335 e. The van der Waals surface area contributed by atoms with Crippen LogP contribution in [0.3, 0.4) is 0 Å². The van der Waals surface area contributed by atoms with Gasteiger partial charge in [0.15, 0.2) is 0 Å². The Morgan fingerprint density at radius 3 is 2.77 bits per heavy atom. The molecule has 2 aromatic rings. The molecular formula is C21H16F2N4O3. The molecule has 1 saturated heterocycles. The monoisotopic (exact) mass is 410 g/mol. The average molecular weight is 410 g/mol. The summed E-state index contributed by atoms with van der Waals surface area (Å²) in [6, 6.07) is 9.50. The highest BCUT2D eigenvalue weighted by Crippen LogP contribution is 2.41. The molecule has 2 N–H and O–H groups in total. The molecule has 7 nitrogen and oxygen atoms in total. The van der Waals surface area contributed by atoms with Gasteiger partial charge in [-0.25, -0.2) is 13.6 Å². The number of nitrogens with zero attached hydrogens (tertiary/aromatic N) is 2. The fraction of sp³-hybridized carbons (Fsp3) is 0.238. The zero-order chi connectivity index (χ0) is 21.5. The summed E-state index contributed by atoms with van der Waals surface area (Å²) in [5.74, 6) is -3.18. The van der Waals surface area contributed by atoms with E-state index in [1.807, 2.05) is 12.1 Å². The number of carbonyl (C=O) groups excluding carboxylic acids is 3. The number of halogens is 2. The largest absolute Gasteiger partial charge is 0.335 e. The van der Waals surface area contributed by atoms with Crippen molar-refractivity contribution in [3.8, 4) is 6.07 Å². The number of amides is 4. The van der Waals surface area contributed by atoms with E-state index in [9.17, 15) is 28.4 Å². The maximum atomic E-state index is 13.9. The van der Waals surface area contributed by atoms with Crippen molar-refractivity contribution >= 4 is 17.8 Å². The molecule has 152 valence electrons. The highest BCUT2D eigenvalue weighted by atomic mass is 19.1. The van der Waals surface area contributed by atoms with E-state index >= 15 is 0 Å². The van der Waals surface area contributed by atoms with Crippen molar-refractivity contribution in [3.63, 3.8) is 0 Å². The van der Waals surface area contributed by atoms with Crippen LogP contribution in [0.15, 0.2) is 42.5 Å². The first-order chi connectivity index (χ1) is 14.4. The number of urea groups is 1. The van der Waals surface area contributed by atoms with Crippen molar-refractivity contribution in [2.45, 2.75) is 24.4 Å². The van der Waals surface area contributed by atoms with E-state index in [1.54, 1.807) is 18.2 Å². The zero-order valence-electron chi connectivity index (χ0n) is 15.6. The van der Waals surface area contributed by atoms with Crippen molar-refractivity contribution in [1.82, 2.24) is 15.5 Å². The number of nitriles is 1. The molecule has 0 radical (unpaired) electrons. The Balaban J connectivity index is 1.51. The van der Waals surface area contributed by atoms with Crippen LogP contribution < -0.4 is 10.6 Å². The molecule has 2 aliphatic rings. The lowest BCUT2D eigenvalue weighted by molar-refractivity contribution is -0.135. The van der Waals surface area contributed by atoms with Gasteiger partial charge < -0.3 is 10.6 Å². The molecular weight excluding hydrogens is 394 g/mol. The summed E-state index contributed by atoms with van der Waals surface area (Å²) >= 11 is 0. The predicted octanol–water partition coefficient (Wildman–Crippen LogP) is 2.04. The molecule has 1 fully saturated rings. The van der Waals surface area contributed by atoms with Crippen LogP contribution in [-0.2, 0) is 21.5 Å². The van der Waals surface area contributed by atoms with E-state index in [4.69, 9.17) is 0 Å². The molecule has 0 aromatic heterocycles. The molecule has 2 unspecified atom stereocenters. The van der Waals surface area contributed by atoms with Crippen LogP contribution in [-0.4, -0.2) is 29.3 Å². The summed E-state index contributed by atoms with van der Waals surface area (Å²) in [7, 11) is 0. The second-order valence-corrected chi connectivity index (χ2v) is 7.18. The van der Waals surface area contributed by atoms with E-state index in [2.05, 4.69) is 10.6 Å². The summed E-state index contributed by atoms with van der Waals surface area (Å²) in [4.78, 5) is 38.7. The van der Waals surface area contributed by atoms with Crippen LogP contribution >= 0.6 is 0 Å². The summed E-state index contributed by atoms with van der Waals surface area (Å²) in [6.07, 6.45) is 0.999. The van der Waals surface area contributed by atoms with E-state index in [0.29, 0.717) is 24.5 Å². The van der Waals surface area contributed by atoms with Gasteiger partial charge in [-0.05, 0) is 30.0 Å². The molecule has 4 rings (SSSR count). The Morgan fingerprint density at radius 1 is 1.27 bits per heavy atom. The lowest BCUT2D eigenvalue weighted by Gasteiger charge is -2.22. The Bertz CT molecular complexity index is 1110. The third-order valence-electron chi connectivity index (χ3n) is 5.43. The molecule has 9 heteroatoms. The summed E-state index contributed by atoms with van der Waals surface area (Å²) in [5, 5.41) is 14.2. The predicted molar refractivity (Wildman–Crippen MR) is 99.5 cm³/mol. The quantitative estimate of drug-likeness (QED) is 0.753. The van der Waals surface area contributed by atoms with Crippen LogP contribution in [0, 0.1) is 23.0 Å². The van der Waals surface area contributed by atoms with Gasteiger partial charge in [0, 0.05) is 11.6 Å². The van der Waals surface area contributed by atoms with Crippen LogP contribution in [0.5, 0.6) is 0 Å². The Kier molecular flexibility index (Phi) is 4.70. The Hall–Kier alpha value is -3.80. The van der Waals surface area contributed by atoms with E-state index in [-0.39, 0.29) is 5.56 Å². The first-order valence-electron chi connectivity index (χ1n) is 9.22. The highest BCUT2D eigenvalue weighted by Gasteiger charge is 2.55. The molecule has 1 aliphatic carbocycles. The first-order valence-corrected chi connectivity index (χ1v) is 9.22. The molecule has 2 aromatic carbocycles. The lowest BCUT2D eigenvalue weighted by Crippen LogP contribution is -2.44. The topological polar surface area (TPSA) is 102 Å². The fourth-order valence-electron chi connectivity index (χ4n) is 4.00. The standard InChI is InChI=1S/C21H16F2N4O3/c22-13-5-6-14(16(23)9-13)17(10-24)25-18(28)11-27-19(29)21(26-20(27)30)8-7-12-3-1-2-4-15(12)21/h1-6,9,17H,7-8,11H2,(H,25,28)(H,26,30). The molecule has 0 bridgehead atoms. The molecule has 1 aliphatic heterocycles. The van der Waals surface area contributed by atoms with Gasteiger partial charge in [-0.1, -0.05) is 30.3 Å². The van der Waals surface area contributed by atoms with Crippen molar-refractivity contribution in [2.75, 3.05) is 6.54 Å². The first kappa shape index (κ1) is 19.5. The van der Waals surface area contributed by atoms with E-state index in [1.165, 1.54) is 0 Å². The lowest BCUT2D eigenvalue weighted by atomic mass is 9.92. The number of carbonyl (C=O) groups is 3. The van der Waals surface area contributed by atoms with Gasteiger partial charge in [-0.2, -0.15) is 5.26 Å². The molecule has 1 spiro atoms. The number of benzene rings is 2. The Morgan fingerprint density at radius 2 is 2.03 bits per heavy atom. The molecule has 30 heavy (non-hydrogen) atoms. The number of aryl methyl sites for hydroxylation is 1. The zero-order valence-corrected chi connectivity index (χ0v) is 15.6. The number of rotatable bonds is 4. The van der Waals surface area contributed by atoms with Crippen LogP contribution in [0.2, 0.25) is 0 Å². The molecule has 2 atom stereocenters. The van der Waals surface area contributed by atoms with E-state index in [0.717, 1.165) is 22.6 Å². The van der Waals surface area contributed by atoms with Gasteiger partial charge in [0.25, 0.3) is 5.91 Å².